The Bertz CT molecular complexity index is 1810. The molecule has 0 unspecified atom stereocenters. The Kier molecular flexibility index (Phi) is 10.8. The number of fused-ring (bicyclic) bond motifs is 3. The minimum Gasteiger partial charge on any atom is -0.493 e. The number of aromatic nitrogens is 3. The summed E-state index contributed by atoms with van der Waals surface area (Å²) in [6, 6.07) is 18.6. The summed E-state index contributed by atoms with van der Waals surface area (Å²) in [5.41, 5.74) is 7.99. The van der Waals surface area contributed by atoms with Gasteiger partial charge in [0.25, 0.3) is 0 Å². The highest BCUT2D eigenvalue weighted by atomic mass is 16.5. The standard InChI is InChI=1S/C34H38N4O3.C4H11N/c1-5-28-31-27(35-37(28)4)21-36(3)18-10-19-38-32-26(17-16-22(2)30(31)32)25(33(38)34(39)40)14-9-20-41-29-15-8-12-23-11-6-7-13-24(23)29;1-3-5-4-2/h6-8,11-13,15-17H,5,9-10,14,18-21H2,1-4H3,(H,39,40);5H,3-4H2,1-2H3. The van der Waals surface area contributed by atoms with Crippen molar-refractivity contribution >= 4 is 27.6 Å². The summed E-state index contributed by atoms with van der Waals surface area (Å²) in [4.78, 5) is 15.2. The van der Waals surface area contributed by atoms with E-state index in [0.29, 0.717) is 31.7 Å². The van der Waals surface area contributed by atoms with Crippen LogP contribution >= 0.6 is 0 Å². The number of hydrogen-bond donors (Lipinski definition) is 2. The smallest absolute Gasteiger partial charge is 0.352 e. The Morgan fingerprint density at radius 2 is 1.72 bits per heavy atom. The van der Waals surface area contributed by atoms with Gasteiger partial charge in [-0.3, -0.25) is 4.68 Å². The SMILES string of the molecule is CCNCC.CCc1c2c(nn1C)CN(C)CCCn1c(C(=O)O)c(CCCOc3cccc4ccccc34)c3ccc(C)c-2c31. The van der Waals surface area contributed by atoms with Crippen molar-refractivity contribution in [2.45, 2.75) is 66.5 Å². The number of rotatable bonds is 9. The van der Waals surface area contributed by atoms with E-state index in [1.807, 2.05) is 36.0 Å². The highest BCUT2D eigenvalue weighted by Gasteiger charge is 2.29. The van der Waals surface area contributed by atoms with Crippen LogP contribution in [0.2, 0.25) is 0 Å². The molecule has 6 rings (SSSR count). The van der Waals surface area contributed by atoms with Crippen LogP contribution in [0, 0.1) is 6.92 Å². The van der Waals surface area contributed by atoms with E-state index in [1.54, 1.807) is 0 Å². The number of aromatic carboxylic acids is 1. The molecule has 2 aromatic heterocycles. The van der Waals surface area contributed by atoms with E-state index in [2.05, 4.69) is 79.9 Å². The lowest BCUT2D eigenvalue weighted by Crippen LogP contribution is -2.23. The van der Waals surface area contributed by atoms with E-state index in [4.69, 9.17) is 9.84 Å². The third-order valence-corrected chi connectivity index (χ3v) is 8.98. The van der Waals surface area contributed by atoms with Gasteiger partial charge in [-0.15, -0.1) is 0 Å². The maximum atomic E-state index is 12.9. The fourth-order valence-corrected chi connectivity index (χ4v) is 6.92. The zero-order chi connectivity index (χ0) is 32.8. The van der Waals surface area contributed by atoms with Crippen molar-refractivity contribution < 1.29 is 14.6 Å². The van der Waals surface area contributed by atoms with E-state index < -0.39 is 5.97 Å². The summed E-state index contributed by atoms with van der Waals surface area (Å²) in [6.07, 6.45) is 3.05. The van der Waals surface area contributed by atoms with Gasteiger partial charge in [-0.05, 0) is 81.9 Å². The predicted octanol–water partition coefficient (Wildman–Crippen LogP) is 7.23. The van der Waals surface area contributed by atoms with Crippen LogP contribution < -0.4 is 10.1 Å². The maximum absolute atomic E-state index is 12.9. The first-order valence-electron chi connectivity index (χ1n) is 16.7. The molecule has 0 amide bonds. The van der Waals surface area contributed by atoms with Crippen LogP contribution in [0.25, 0.3) is 32.8 Å². The number of hydrogen-bond acceptors (Lipinski definition) is 5. The van der Waals surface area contributed by atoms with Gasteiger partial charge in [0.05, 0.1) is 17.8 Å². The second kappa shape index (κ2) is 15.0. The molecule has 0 atom stereocenters. The van der Waals surface area contributed by atoms with Crippen molar-refractivity contribution in [1.29, 1.82) is 0 Å². The van der Waals surface area contributed by atoms with E-state index in [-0.39, 0.29) is 0 Å². The number of carboxylic acids is 1. The molecule has 0 spiro atoms. The Morgan fingerprint density at radius 1 is 0.957 bits per heavy atom. The summed E-state index contributed by atoms with van der Waals surface area (Å²) >= 11 is 0. The molecule has 1 aliphatic rings. The molecule has 0 fully saturated rings. The first kappa shape index (κ1) is 33.2. The lowest BCUT2D eigenvalue weighted by atomic mass is 9.93. The average Bonchev–Trinajstić information content (AvgIpc) is 3.52. The highest BCUT2D eigenvalue weighted by molar-refractivity contribution is 6.05. The quantitative estimate of drug-likeness (QED) is 0.169. The van der Waals surface area contributed by atoms with Crippen LogP contribution in [-0.4, -0.2) is 63.6 Å². The number of benzene rings is 3. The summed E-state index contributed by atoms with van der Waals surface area (Å²) in [6.45, 7) is 13.5. The van der Waals surface area contributed by atoms with Gasteiger partial charge in [-0.25, -0.2) is 4.79 Å². The lowest BCUT2D eigenvalue weighted by Gasteiger charge is -2.21. The zero-order valence-electron chi connectivity index (χ0n) is 28.3. The van der Waals surface area contributed by atoms with Gasteiger partial charge < -0.3 is 24.6 Å². The molecule has 8 nitrogen and oxygen atoms in total. The topological polar surface area (TPSA) is 84.6 Å². The Labute approximate surface area is 273 Å². The van der Waals surface area contributed by atoms with Gasteiger partial charge in [0.2, 0.25) is 0 Å². The molecule has 5 aromatic rings. The van der Waals surface area contributed by atoms with Crippen LogP contribution in [0.4, 0.5) is 0 Å². The van der Waals surface area contributed by atoms with Gasteiger partial charge in [-0.2, -0.15) is 5.10 Å². The first-order chi connectivity index (χ1) is 22.3. The van der Waals surface area contributed by atoms with Crippen LogP contribution in [-0.2, 0) is 33.0 Å². The number of aryl methyl sites for hydroxylation is 4. The molecule has 244 valence electrons. The molecule has 3 heterocycles. The van der Waals surface area contributed by atoms with Gasteiger partial charge >= 0.3 is 5.97 Å². The zero-order valence-corrected chi connectivity index (χ0v) is 28.3. The predicted molar refractivity (Wildman–Crippen MR) is 188 cm³/mol. The van der Waals surface area contributed by atoms with Crippen molar-refractivity contribution in [3.8, 4) is 16.9 Å². The van der Waals surface area contributed by atoms with Crippen LogP contribution in [0.1, 0.15) is 66.6 Å². The molecule has 0 saturated carbocycles. The molecule has 0 bridgehead atoms. The number of ether oxygens (including phenoxy) is 1. The number of nitrogens with one attached hydrogen (secondary N) is 1. The summed E-state index contributed by atoms with van der Waals surface area (Å²) in [5, 5.41) is 21.9. The average molecular weight is 624 g/mol. The van der Waals surface area contributed by atoms with Gasteiger partial charge in [0.1, 0.15) is 11.4 Å². The highest BCUT2D eigenvalue weighted by Crippen LogP contribution is 2.41. The monoisotopic (exact) mass is 623 g/mol. The lowest BCUT2D eigenvalue weighted by molar-refractivity contribution is 0.0684. The Balaban J connectivity index is 0.000000775. The first-order valence-corrected chi connectivity index (χ1v) is 16.7. The largest absolute Gasteiger partial charge is 0.493 e. The van der Waals surface area contributed by atoms with E-state index in [9.17, 15) is 9.90 Å². The number of carbonyl (C=O) groups is 1. The third-order valence-electron chi connectivity index (χ3n) is 8.98. The van der Waals surface area contributed by atoms with Gasteiger partial charge in [0.15, 0.2) is 0 Å². The molecule has 3 aromatic carbocycles. The minimum absolute atomic E-state index is 0.406. The fraction of sp³-hybridized carbons (Fsp3) is 0.421. The minimum atomic E-state index is -0.873. The van der Waals surface area contributed by atoms with Crippen molar-refractivity contribution in [3.05, 3.63) is 82.8 Å². The van der Waals surface area contributed by atoms with Gasteiger partial charge in [-0.1, -0.05) is 69.3 Å². The third kappa shape index (κ3) is 6.69. The van der Waals surface area contributed by atoms with Crippen molar-refractivity contribution in [1.82, 2.24) is 24.6 Å². The second-order valence-electron chi connectivity index (χ2n) is 12.2. The van der Waals surface area contributed by atoms with E-state index >= 15 is 0 Å². The molecule has 0 radical (unpaired) electrons. The maximum Gasteiger partial charge on any atom is 0.352 e. The fourth-order valence-electron chi connectivity index (χ4n) is 6.92. The van der Waals surface area contributed by atoms with Gasteiger partial charge in [0, 0.05) is 47.7 Å². The number of nitrogens with zero attached hydrogens (tertiary/aromatic N) is 4. The van der Waals surface area contributed by atoms with Crippen molar-refractivity contribution in [3.63, 3.8) is 0 Å². The van der Waals surface area contributed by atoms with E-state index in [1.165, 1.54) is 5.69 Å². The molecule has 1 aliphatic heterocycles. The summed E-state index contributed by atoms with van der Waals surface area (Å²) in [7, 11) is 4.14. The normalized spacial score (nSPS) is 13.3. The van der Waals surface area contributed by atoms with E-state index in [0.717, 1.165) is 94.4 Å². The summed E-state index contributed by atoms with van der Waals surface area (Å²) in [5.74, 6) is -0.0112. The molecular weight excluding hydrogens is 574 g/mol. The molecule has 0 aliphatic carbocycles. The number of carboxylic acid groups (broad SMARTS) is 1. The summed E-state index contributed by atoms with van der Waals surface area (Å²) < 4.78 is 10.3. The van der Waals surface area contributed by atoms with Crippen LogP contribution in [0.15, 0.2) is 54.6 Å². The Morgan fingerprint density at radius 3 is 2.43 bits per heavy atom. The Hall–Kier alpha value is -4.14. The molecule has 46 heavy (non-hydrogen) atoms. The molecule has 0 saturated heterocycles. The van der Waals surface area contributed by atoms with Crippen LogP contribution in [0.5, 0.6) is 5.75 Å². The van der Waals surface area contributed by atoms with Crippen molar-refractivity contribution in [2.75, 3.05) is 33.3 Å². The molecule has 8 heteroatoms. The van der Waals surface area contributed by atoms with Crippen LogP contribution in [0.3, 0.4) is 0 Å². The second-order valence-corrected chi connectivity index (χ2v) is 12.2. The van der Waals surface area contributed by atoms with Crippen molar-refractivity contribution in [2.24, 2.45) is 7.05 Å². The molecule has 2 N–H and O–H groups in total. The molecular formula is C38H49N5O3.